The molecule has 0 N–H and O–H groups in total. The Morgan fingerprint density at radius 3 is 2.75 bits per heavy atom. The number of hydrogen-bond acceptors (Lipinski definition) is 4. The lowest BCUT2D eigenvalue weighted by atomic mass is 10.0. The van der Waals surface area contributed by atoms with E-state index < -0.39 is 6.04 Å². The number of carbonyl (C=O) groups excluding carboxylic acids is 2. The van der Waals surface area contributed by atoms with E-state index in [2.05, 4.69) is 4.98 Å². The first-order valence-corrected chi connectivity index (χ1v) is 6.36. The van der Waals surface area contributed by atoms with Gasteiger partial charge in [-0.2, -0.15) is 0 Å². The molecule has 6 nitrogen and oxygen atoms in total. The molecule has 3 rings (SSSR count). The van der Waals surface area contributed by atoms with Gasteiger partial charge >= 0.3 is 0 Å². The fourth-order valence-corrected chi connectivity index (χ4v) is 2.46. The van der Waals surface area contributed by atoms with Crippen LogP contribution in [0.3, 0.4) is 0 Å². The van der Waals surface area contributed by atoms with E-state index in [1.807, 2.05) is 0 Å². The van der Waals surface area contributed by atoms with Gasteiger partial charge < -0.3 is 0 Å². The van der Waals surface area contributed by atoms with Crippen molar-refractivity contribution in [3.8, 4) is 0 Å². The molecule has 20 heavy (non-hydrogen) atoms. The maximum Gasteiger partial charge on any atom is 0.261 e. The highest BCUT2D eigenvalue weighted by molar-refractivity contribution is 5.99. The standard InChI is InChI=1S/C14H13N3O3/c1-16-12(18)7-6-11(14(16)20)17-8-15-10-5-3-2-4-9(10)13(17)19/h2-5,8,11H,6-7H2,1H3/t11-/m0/s1. The summed E-state index contributed by atoms with van der Waals surface area (Å²) >= 11 is 0. The second kappa shape index (κ2) is 4.56. The smallest absolute Gasteiger partial charge is 0.261 e. The highest BCUT2D eigenvalue weighted by atomic mass is 16.2. The predicted molar refractivity (Wildman–Crippen MR) is 72.1 cm³/mol. The lowest BCUT2D eigenvalue weighted by Crippen LogP contribution is -2.45. The Morgan fingerprint density at radius 2 is 1.95 bits per heavy atom. The van der Waals surface area contributed by atoms with Gasteiger partial charge in [0.1, 0.15) is 6.04 Å². The molecule has 6 heteroatoms. The Kier molecular flexibility index (Phi) is 2.85. The first kappa shape index (κ1) is 12.5. The number of fused-ring (bicyclic) bond motifs is 1. The van der Waals surface area contributed by atoms with E-state index in [1.54, 1.807) is 24.3 Å². The van der Waals surface area contributed by atoms with E-state index in [-0.39, 0.29) is 23.8 Å². The average Bonchev–Trinajstić information content (AvgIpc) is 2.47. The number of nitrogens with zero attached hydrogens (tertiary/aromatic N) is 3. The molecule has 0 bridgehead atoms. The van der Waals surface area contributed by atoms with E-state index >= 15 is 0 Å². The van der Waals surface area contributed by atoms with Crippen molar-refractivity contribution in [2.75, 3.05) is 7.05 Å². The van der Waals surface area contributed by atoms with Gasteiger partial charge in [0.2, 0.25) is 5.91 Å². The lowest BCUT2D eigenvalue weighted by Gasteiger charge is -2.28. The van der Waals surface area contributed by atoms with Crippen molar-refractivity contribution in [2.24, 2.45) is 0 Å². The van der Waals surface area contributed by atoms with Crippen LogP contribution in [-0.2, 0) is 9.59 Å². The molecule has 1 aliphatic heterocycles. The number of benzene rings is 1. The molecule has 1 atom stereocenters. The molecular formula is C14H13N3O3. The Balaban J connectivity index is 2.11. The van der Waals surface area contributed by atoms with E-state index in [0.717, 1.165) is 4.90 Å². The van der Waals surface area contributed by atoms with E-state index in [4.69, 9.17) is 0 Å². The zero-order valence-electron chi connectivity index (χ0n) is 10.9. The third-order valence-corrected chi connectivity index (χ3v) is 3.65. The fraction of sp³-hybridized carbons (Fsp3) is 0.286. The molecule has 2 heterocycles. The van der Waals surface area contributed by atoms with Crippen LogP contribution in [-0.4, -0.2) is 33.3 Å². The summed E-state index contributed by atoms with van der Waals surface area (Å²) < 4.78 is 1.33. The van der Waals surface area contributed by atoms with Gasteiger partial charge in [0.15, 0.2) is 0 Å². The molecule has 1 aromatic carbocycles. The summed E-state index contributed by atoms with van der Waals surface area (Å²) in [5.41, 5.74) is 0.345. The molecule has 0 saturated carbocycles. The van der Waals surface area contributed by atoms with Crippen molar-refractivity contribution >= 4 is 22.7 Å². The SMILES string of the molecule is CN1C(=O)CC[C@H](n2cnc3ccccc3c2=O)C1=O. The van der Waals surface area contributed by atoms with Crippen molar-refractivity contribution in [1.29, 1.82) is 0 Å². The third-order valence-electron chi connectivity index (χ3n) is 3.65. The van der Waals surface area contributed by atoms with Crippen LogP contribution < -0.4 is 5.56 Å². The maximum atomic E-state index is 12.4. The van der Waals surface area contributed by atoms with Crippen molar-refractivity contribution in [3.05, 3.63) is 40.9 Å². The van der Waals surface area contributed by atoms with Gasteiger partial charge in [0.05, 0.1) is 17.2 Å². The van der Waals surface area contributed by atoms with Gasteiger partial charge in [0, 0.05) is 13.5 Å². The maximum absolute atomic E-state index is 12.4. The van der Waals surface area contributed by atoms with Crippen molar-refractivity contribution < 1.29 is 9.59 Å². The van der Waals surface area contributed by atoms with Crippen LogP contribution in [0.25, 0.3) is 10.9 Å². The summed E-state index contributed by atoms with van der Waals surface area (Å²) in [5, 5.41) is 0.474. The highest BCUT2D eigenvalue weighted by Crippen LogP contribution is 2.21. The van der Waals surface area contributed by atoms with Gasteiger partial charge in [0.25, 0.3) is 11.5 Å². The van der Waals surface area contributed by atoms with Crippen molar-refractivity contribution in [2.45, 2.75) is 18.9 Å². The number of carbonyl (C=O) groups is 2. The quantitative estimate of drug-likeness (QED) is 0.716. The number of rotatable bonds is 1. The first-order valence-electron chi connectivity index (χ1n) is 6.36. The number of hydrogen-bond donors (Lipinski definition) is 0. The van der Waals surface area contributed by atoms with Crippen LogP contribution in [0.1, 0.15) is 18.9 Å². The first-order chi connectivity index (χ1) is 9.59. The number of imide groups is 1. The van der Waals surface area contributed by atoms with E-state index in [1.165, 1.54) is 17.9 Å². The zero-order chi connectivity index (χ0) is 14.3. The van der Waals surface area contributed by atoms with Crippen LogP contribution in [0.5, 0.6) is 0 Å². The molecule has 102 valence electrons. The summed E-state index contributed by atoms with van der Waals surface area (Å²) in [5.74, 6) is -0.575. The second-order valence-electron chi connectivity index (χ2n) is 4.82. The van der Waals surface area contributed by atoms with E-state index in [0.29, 0.717) is 17.3 Å². The Bertz CT molecular complexity index is 766. The summed E-state index contributed by atoms with van der Waals surface area (Å²) in [6, 6.07) is 6.34. The minimum atomic E-state index is -0.651. The molecular weight excluding hydrogens is 258 g/mol. The molecule has 1 aliphatic rings. The van der Waals surface area contributed by atoms with Crippen LogP contribution in [0.2, 0.25) is 0 Å². The van der Waals surface area contributed by atoms with Gasteiger partial charge in [-0.15, -0.1) is 0 Å². The number of likely N-dealkylation sites (tertiary alicyclic amines) is 1. The Morgan fingerprint density at radius 1 is 1.20 bits per heavy atom. The monoisotopic (exact) mass is 271 g/mol. The fourth-order valence-electron chi connectivity index (χ4n) is 2.46. The van der Waals surface area contributed by atoms with Gasteiger partial charge in [-0.25, -0.2) is 4.98 Å². The highest BCUT2D eigenvalue weighted by Gasteiger charge is 2.33. The van der Waals surface area contributed by atoms with E-state index in [9.17, 15) is 14.4 Å². The number of para-hydroxylation sites is 1. The largest absolute Gasteiger partial charge is 0.286 e. The molecule has 2 aromatic rings. The summed E-state index contributed by atoms with van der Waals surface area (Å²) in [6.07, 6.45) is 1.98. The second-order valence-corrected chi connectivity index (χ2v) is 4.82. The lowest BCUT2D eigenvalue weighted by molar-refractivity contribution is -0.149. The molecule has 0 aliphatic carbocycles. The number of aromatic nitrogens is 2. The van der Waals surface area contributed by atoms with Crippen LogP contribution in [0, 0.1) is 0 Å². The summed E-state index contributed by atoms with van der Waals surface area (Å²) in [7, 11) is 1.44. The number of piperidine rings is 1. The minimum Gasteiger partial charge on any atom is -0.286 e. The van der Waals surface area contributed by atoms with Crippen LogP contribution in [0.4, 0.5) is 0 Å². The molecule has 1 saturated heterocycles. The minimum absolute atomic E-state index is 0.215. The van der Waals surface area contributed by atoms with Crippen molar-refractivity contribution in [1.82, 2.24) is 14.5 Å². The van der Waals surface area contributed by atoms with Crippen molar-refractivity contribution in [3.63, 3.8) is 0 Å². The average molecular weight is 271 g/mol. The summed E-state index contributed by atoms with van der Waals surface area (Å²) in [6.45, 7) is 0. The topological polar surface area (TPSA) is 72.3 Å². The molecule has 1 fully saturated rings. The zero-order valence-corrected chi connectivity index (χ0v) is 10.9. The van der Waals surface area contributed by atoms with Gasteiger partial charge in [-0.05, 0) is 18.6 Å². The summed E-state index contributed by atoms with van der Waals surface area (Å²) in [4.78, 5) is 41.3. The molecule has 2 amide bonds. The van der Waals surface area contributed by atoms with Gasteiger partial charge in [-0.3, -0.25) is 23.9 Å². The predicted octanol–water partition coefficient (Wildman–Crippen LogP) is 0.716. The normalized spacial score (nSPS) is 19.6. The molecule has 1 aromatic heterocycles. The third kappa shape index (κ3) is 1.80. The van der Waals surface area contributed by atoms with Gasteiger partial charge in [-0.1, -0.05) is 12.1 Å². The number of amides is 2. The Hall–Kier alpha value is -2.50. The van der Waals surface area contributed by atoms with Crippen LogP contribution >= 0.6 is 0 Å². The van der Waals surface area contributed by atoms with Crippen LogP contribution in [0.15, 0.2) is 35.4 Å². The molecule has 0 unspecified atom stereocenters. The Labute approximate surface area is 114 Å². The molecule has 0 radical (unpaired) electrons. The number of likely N-dealkylation sites (N-methyl/N-ethyl adjacent to an activating group) is 1. The molecule has 0 spiro atoms.